The first-order valence-electron chi connectivity index (χ1n) is 8.82. The molecule has 3 amide bonds. The van der Waals surface area contributed by atoms with E-state index in [2.05, 4.69) is 15.5 Å². The number of nitrogens with one attached hydrogen (secondary N) is 2. The molecular formula is C18H24N4O4. The van der Waals surface area contributed by atoms with Crippen molar-refractivity contribution in [2.45, 2.75) is 19.4 Å². The zero-order valence-electron chi connectivity index (χ0n) is 14.9. The minimum atomic E-state index is -0.487. The maximum Gasteiger partial charge on any atom is 0.251 e. The molecule has 0 bridgehead atoms. The Balaban J connectivity index is 1.55. The number of carbonyl (C=O) groups excluding carboxylic acids is 3. The van der Waals surface area contributed by atoms with Crippen LogP contribution in [0.1, 0.15) is 13.3 Å². The molecule has 1 aromatic carbocycles. The van der Waals surface area contributed by atoms with Gasteiger partial charge in [-0.05, 0) is 24.3 Å². The van der Waals surface area contributed by atoms with Gasteiger partial charge in [-0.1, -0.05) is 0 Å². The van der Waals surface area contributed by atoms with Gasteiger partial charge in [0.2, 0.25) is 11.8 Å². The lowest BCUT2D eigenvalue weighted by Gasteiger charge is -2.27. The average Bonchev–Trinajstić information content (AvgIpc) is 2.90. The van der Waals surface area contributed by atoms with Crippen molar-refractivity contribution in [3.63, 3.8) is 0 Å². The third-order valence-corrected chi connectivity index (χ3v) is 4.51. The van der Waals surface area contributed by atoms with Gasteiger partial charge in [0, 0.05) is 38.8 Å². The molecule has 2 saturated heterocycles. The molecule has 0 saturated carbocycles. The molecule has 0 unspecified atom stereocenters. The van der Waals surface area contributed by atoms with Crippen LogP contribution in [0.5, 0.6) is 0 Å². The number of anilines is 2. The second-order valence-corrected chi connectivity index (χ2v) is 6.46. The van der Waals surface area contributed by atoms with E-state index >= 15 is 0 Å². The van der Waals surface area contributed by atoms with Crippen LogP contribution in [0, 0.1) is 0 Å². The minimum absolute atomic E-state index is 0.162. The van der Waals surface area contributed by atoms with Crippen LogP contribution >= 0.6 is 0 Å². The monoisotopic (exact) mass is 360 g/mol. The third-order valence-electron chi connectivity index (χ3n) is 4.51. The lowest BCUT2D eigenvalue weighted by atomic mass is 10.2. The summed E-state index contributed by atoms with van der Waals surface area (Å²) in [4.78, 5) is 39.4. The molecule has 140 valence electrons. The number of morpholine rings is 1. The Morgan fingerprint density at radius 1 is 1.19 bits per heavy atom. The van der Waals surface area contributed by atoms with Gasteiger partial charge < -0.3 is 15.4 Å². The van der Waals surface area contributed by atoms with Crippen LogP contribution in [0.2, 0.25) is 0 Å². The molecule has 0 radical (unpaired) electrons. The van der Waals surface area contributed by atoms with Crippen LogP contribution in [0.15, 0.2) is 24.3 Å². The van der Waals surface area contributed by atoms with E-state index in [1.54, 1.807) is 24.3 Å². The molecule has 2 fully saturated rings. The lowest BCUT2D eigenvalue weighted by molar-refractivity contribution is -0.121. The Morgan fingerprint density at radius 3 is 2.54 bits per heavy atom. The molecule has 0 aromatic heterocycles. The predicted octanol–water partition coefficient (Wildman–Crippen LogP) is 0.199. The quantitative estimate of drug-likeness (QED) is 0.705. The number of imide groups is 1. The van der Waals surface area contributed by atoms with E-state index in [0.29, 0.717) is 17.9 Å². The van der Waals surface area contributed by atoms with Crippen molar-refractivity contribution >= 4 is 29.1 Å². The van der Waals surface area contributed by atoms with Gasteiger partial charge >= 0.3 is 0 Å². The third kappa shape index (κ3) is 4.46. The number of nitrogens with zero attached hydrogens (tertiary/aromatic N) is 2. The van der Waals surface area contributed by atoms with Crippen LogP contribution in [-0.4, -0.2) is 68.1 Å². The van der Waals surface area contributed by atoms with Crippen LogP contribution in [0.4, 0.5) is 11.4 Å². The SMILES string of the molecule is CC(=O)Nc1ccc(N2C(=O)C[C@H](NCCN3CCOCC3)C2=O)cc1. The van der Waals surface area contributed by atoms with Gasteiger partial charge in [-0.2, -0.15) is 0 Å². The Kier molecular flexibility index (Phi) is 5.97. The highest BCUT2D eigenvalue weighted by Crippen LogP contribution is 2.24. The highest BCUT2D eigenvalue weighted by molar-refractivity contribution is 6.22. The average molecular weight is 360 g/mol. The summed E-state index contributed by atoms with van der Waals surface area (Å²) in [6.07, 6.45) is 0.162. The minimum Gasteiger partial charge on any atom is -0.379 e. The first-order valence-corrected chi connectivity index (χ1v) is 8.82. The van der Waals surface area contributed by atoms with E-state index in [0.717, 1.165) is 32.8 Å². The molecule has 8 heteroatoms. The van der Waals surface area contributed by atoms with Crippen molar-refractivity contribution in [3.8, 4) is 0 Å². The summed E-state index contributed by atoms with van der Waals surface area (Å²) in [5, 5.41) is 5.85. The molecule has 26 heavy (non-hydrogen) atoms. The fraction of sp³-hybridized carbons (Fsp3) is 0.500. The van der Waals surface area contributed by atoms with Gasteiger partial charge in [0.05, 0.1) is 31.4 Å². The maximum atomic E-state index is 12.6. The van der Waals surface area contributed by atoms with Gasteiger partial charge in [-0.15, -0.1) is 0 Å². The van der Waals surface area contributed by atoms with Crippen molar-refractivity contribution in [1.29, 1.82) is 0 Å². The zero-order valence-corrected chi connectivity index (χ0v) is 14.9. The van der Waals surface area contributed by atoms with Crippen LogP contribution in [0.25, 0.3) is 0 Å². The van der Waals surface area contributed by atoms with Crippen molar-refractivity contribution in [1.82, 2.24) is 10.2 Å². The standard InChI is InChI=1S/C18H24N4O4/c1-13(23)20-14-2-4-15(5-3-14)22-17(24)12-16(18(22)25)19-6-7-21-8-10-26-11-9-21/h2-5,16,19H,6-12H2,1H3,(H,20,23)/t16-/m0/s1. The Morgan fingerprint density at radius 2 is 1.88 bits per heavy atom. The first kappa shape index (κ1) is 18.5. The van der Waals surface area contributed by atoms with Crippen LogP contribution < -0.4 is 15.5 Å². The Hall–Kier alpha value is -2.29. The summed E-state index contributed by atoms with van der Waals surface area (Å²) in [5.41, 5.74) is 1.15. The van der Waals surface area contributed by atoms with Crippen molar-refractivity contribution < 1.29 is 19.1 Å². The highest BCUT2D eigenvalue weighted by Gasteiger charge is 2.39. The normalized spacial score (nSPS) is 21.3. The molecule has 2 aliphatic heterocycles. The van der Waals surface area contributed by atoms with Gasteiger partial charge in [0.1, 0.15) is 0 Å². The topological polar surface area (TPSA) is 91.0 Å². The summed E-state index contributed by atoms with van der Waals surface area (Å²) in [6.45, 7) is 6.17. The van der Waals surface area contributed by atoms with Gasteiger partial charge in [-0.3, -0.25) is 19.3 Å². The summed E-state index contributed by atoms with van der Waals surface area (Å²) in [7, 11) is 0. The molecule has 1 atom stereocenters. The maximum absolute atomic E-state index is 12.6. The fourth-order valence-corrected chi connectivity index (χ4v) is 3.18. The van der Waals surface area contributed by atoms with E-state index in [-0.39, 0.29) is 24.1 Å². The van der Waals surface area contributed by atoms with Gasteiger partial charge in [0.25, 0.3) is 5.91 Å². The number of ether oxygens (including phenoxy) is 1. The second kappa shape index (κ2) is 8.39. The predicted molar refractivity (Wildman–Crippen MR) is 96.9 cm³/mol. The van der Waals surface area contributed by atoms with Gasteiger partial charge in [0.15, 0.2) is 0 Å². The molecular weight excluding hydrogens is 336 g/mol. The Labute approximate surface area is 152 Å². The van der Waals surface area contributed by atoms with E-state index in [1.807, 2.05) is 0 Å². The molecule has 3 rings (SSSR count). The van der Waals surface area contributed by atoms with Crippen LogP contribution in [-0.2, 0) is 19.1 Å². The van der Waals surface area contributed by atoms with E-state index in [4.69, 9.17) is 4.74 Å². The molecule has 2 N–H and O–H groups in total. The van der Waals surface area contributed by atoms with Gasteiger partial charge in [-0.25, -0.2) is 4.90 Å². The lowest BCUT2D eigenvalue weighted by Crippen LogP contribution is -2.44. The summed E-state index contributed by atoms with van der Waals surface area (Å²) in [5.74, 6) is -0.619. The molecule has 0 spiro atoms. The highest BCUT2D eigenvalue weighted by atomic mass is 16.5. The smallest absolute Gasteiger partial charge is 0.251 e. The summed E-state index contributed by atoms with van der Waals surface area (Å²) in [6, 6.07) is 6.19. The van der Waals surface area contributed by atoms with Crippen LogP contribution in [0.3, 0.4) is 0 Å². The first-order chi connectivity index (χ1) is 12.5. The molecule has 1 aromatic rings. The summed E-state index contributed by atoms with van der Waals surface area (Å²) >= 11 is 0. The second-order valence-electron chi connectivity index (χ2n) is 6.46. The number of rotatable bonds is 6. The number of carbonyl (C=O) groups is 3. The molecule has 0 aliphatic carbocycles. The molecule has 2 heterocycles. The van der Waals surface area contributed by atoms with E-state index in [1.165, 1.54) is 11.8 Å². The van der Waals surface area contributed by atoms with E-state index in [9.17, 15) is 14.4 Å². The number of amides is 3. The number of benzene rings is 1. The largest absolute Gasteiger partial charge is 0.379 e. The van der Waals surface area contributed by atoms with Crippen molar-refractivity contribution in [3.05, 3.63) is 24.3 Å². The molecule has 2 aliphatic rings. The summed E-state index contributed by atoms with van der Waals surface area (Å²) < 4.78 is 5.31. The fourth-order valence-electron chi connectivity index (χ4n) is 3.18. The zero-order chi connectivity index (χ0) is 18.5. The molecule has 8 nitrogen and oxygen atoms in total. The Bertz CT molecular complexity index is 670. The van der Waals surface area contributed by atoms with Crippen molar-refractivity contribution in [2.75, 3.05) is 49.6 Å². The number of hydrogen-bond acceptors (Lipinski definition) is 6. The van der Waals surface area contributed by atoms with E-state index < -0.39 is 6.04 Å². The number of hydrogen-bond donors (Lipinski definition) is 2. The van der Waals surface area contributed by atoms with Crippen molar-refractivity contribution in [2.24, 2.45) is 0 Å².